The molecule has 0 spiro atoms. The minimum Gasteiger partial charge on any atom is -0.409 e. The van der Waals surface area contributed by atoms with Crippen molar-refractivity contribution >= 4 is 11.7 Å². The zero-order chi connectivity index (χ0) is 11.7. The van der Waals surface area contributed by atoms with Crippen LogP contribution >= 0.6 is 0 Å². The predicted molar refractivity (Wildman–Crippen MR) is 58.5 cm³/mol. The lowest BCUT2D eigenvalue weighted by Gasteiger charge is -2.10. The van der Waals surface area contributed by atoms with E-state index in [2.05, 4.69) is 10.5 Å². The van der Waals surface area contributed by atoms with Crippen LogP contribution in [0.4, 0.5) is 0 Å². The zero-order valence-corrected chi connectivity index (χ0v) is 9.07. The van der Waals surface area contributed by atoms with Crippen LogP contribution in [0.1, 0.15) is 26.2 Å². The van der Waals surface area contributed by atoms with E-state index in [4.69, 9.17) is 16.7 Å². The summed E-state index contributed by atoms with van der Waals surface area (Å²) >= 11 is 0. The Kier molecular flexibility index (Phi) is 7.35. The van der Waals surface area contributed by atoms with Crippen molar-refractivity contribution in [1.82, 2.24) is 5.32 Å². The minimum atomic E-state index is -0.264. The molecular formula is C9H20N4O2. The number of nitrogens with one attached hydrogen (secondary N) is 1. The molecule has 0 aromatic carbocycles. The highest BCUT2D eigenvalue weighted by molar-refractivity contribution is 5.82. The number of oxime groups is 1. The maximum atomic E-state index is 10.4. The number of nitrogens with two attached hydrogens (primary N) is 2. The fraction of sp³-hybridized carbons (Fsp3) is 0.778. The van der Waals surface area contributed by atoms with Gasteiger partial charge in [-0.2, -0.15) is 0 Å². The van der Waals surface area contributed by atoms with Crippen LogP contribution in [0.2, 0.25) is 0 Å². The molecule has 0 saturated heterocycles. The standard InChI is InChI=1S/C9H20N4O2/c1-7(9(11)13-15)6-12-5-3-2-4-8(10)14/h7,12,15H,2-6H2,1H3,(H2,10,14)(H2,11,13). The van der Waals surface area contributed by atoms with E-state index in [1.54, 1.807) is 0 Å². The van der Waals surface area contributed by atoms with Gasteiger partial charge in [-0.1, -0.05) is 12.1 Å². The van der Waals surface area contributed by atoms with Gasteiger partial charge in [-0.25, -0.2) is 0 Å². The molecule has 1 amide bonds. The summed E-state index contributed by atoms with van der Waals surface area (Å²) in [5.41, 5.74) is 10.4. The predicted octanol–water partition coefficient (Wildman–Crippen LogP) is -0.386. The van der Waals surface area contributed by atoms with Gasteiger partial charge in [0, 0.05) is 18.9 Å². The van der Waals surface area contributed by atoms with E-state index in [1.807, 2.05) is 6.92 Å². The number of carbonyl (C=O) groups is 1. The first-order valence-electron chi connectivity index (χ1n) is 5.04. The summed E-state index contributed by atoms with van der Waals surface area (Å²) in [6.07, 6.45) is 2.11. The molecule has 0 rings (SSSR count). The average molecular weight is 216 g/mol. The highest BCUT2D eigenvalue weighted by atomic mass is 16.4. The molecule has 6 N–H and O–H groups in total. The van der Waals surface area contributed by atoms with Crippen LogP contribution in [-0.4, -0.2) is 30.0 Å². The van der Waals surface area contributed by atoms with Crippen LogP contribution in [0.3, 0.4) is 0 Å². The molecule has 6 nitrogen and oxygen atoms in total. The van der Waals surface area contributed by atoms with E-state index in [0.717, 1.165) is 19.4 Å². The molecule has 6 heteroatoms. The van der Waals surface area contributed by atoms with E-state index in [9.17, 15) is 4.79 Å². The van der Waals surface area contributed by atoms with Crippen LogP contribution in [0.15, 0.2) is 5.16 Å². The van der Waals surface area contributed by atoms with Gasteiger partial charge in [0.15, 0.2) is 0 Å². The maximum Gasteiger partial charge on any atom is 0.217 e. The van der Waals surface area contributed by atoms with Crippen molar-refractivity contribution < 1.29 is 10.0 Å². The van der Waals surface area contributed by atoms with Crippen LogP contribution in [-0.2, 0) is 4.79 Å². The summed E-state index contributed by atoms with van der Waals surface area (Å²) < 4.78 is 0. The lowest BCUT2D eigenvalue weighted by molar-refractivity contribution is -0.118. The molecule has 0 saturated carbocycles. The van der Waals surface area contributed by atoms with E-state index >= 15 is 0 Å². The van der Waals surface area contributed by atoms with E-state index in [1.165, 1.54) is 0 Å². The topological polar surface area (TPSA) is 114 Å². The second-order valence-electron chi connectivity index (χ2n) is 3.55. The summed E-state index contributed by atoms with van der Waals surface area (Å²) in [4.78, 5) is 10.4. The molecule has 0 aliphatic rings. The summed E-state index contributed by atoms with van der Waals surface area (Å²) in [5.74, 6) is -0.0363. The molecule has 15 heavy (non-hydrogen) atoms. The molecule has 0 radical (unpaired) electrons. The van der Waals surface area contributed by atoms with E-state index < -0.39 is 0 Å². The third kappa shape index (κ3) is 7.75. The van der Waals surface area contributed by atoms with Gasteiger partial charge in [-0.05, 0) is 19.4 Å². The van der Waals surface area contributed by atoms with Crippen molar-refractivity contribution in [1.29, 1.82) is 0 Å². The third-order valence-electron chi connectivity index (χ3n) is 2.10. The van der Waals surface area contributed by atoms with Crippen molar-refractivity contribution in [2.45, 2.75) is 26.2 Å². The van der Waals surface area contributed by atoms with Crippen LogP contribution in [0, 0.1) is 5.92 Å². The Morgan fingerprint density at radius 3 is 2.67 bits per heavy atom. The Labute approximate surface area is 89.7 Å². The van der Waals surface area contributed by atoms with Crippen molar-refractivity contribution in [3.63, 3.8) is 0 Å². The number of nitrogens with zero attached hydrogens (tertiary/aromatic N) is 1. The number of rotatable bonds is 8. The Hall–Kier alpha value is -1.30. The number of hydrogen-bond acceptors (Lipinski definition) is 4. The molecule has 1 atom stereocenters. The molecule has 0 heterocycles. The fourth-order valence-electron chi connectivity index (χ4n) is 1.07. The Balaban J connectivity index is 3.35. The molecule has 0 aliphatic heterocycles. The summed E-state index contributed by atoms with van der Waals surface area (Å²) in [5, 5.41) is 14.5. The lowest BCUT2D eigenvalue weighted by atomic mass is 10.1. The van der Waals surface area contributed by atoms with Gasteiger partial charge in [0.05, 0.1) is 0 Å². The van der Waals surface area contributed by atoms with Crippen molar-refractivity contribution in [2.24, 2.45) is 22.5 Å². The average Bonchev–Trinajstić information content (AvgIpc) is 2.21. The normalized spacial score (nSPS) is 13.8. The lowest BCUT2D eigenvalue weighted by Crippen LogP contribution is -2.31. The Morgan fingerprint density at radius 1 is 1.47 bits per heavy atom. The molecule has 0 aromatic heterocycles. The number of carbonyl (C=O) groups excluding carboxylic acids is 1. The number of unbranched alkanes of at least 4 members (excludes halogenated alkanes) is 1. The van der Waals surface area contributed by atoms with Crippen molar-refractivity contribution in [3.05, 3.63) is 0 Å². The summed E-state index contributed by atoms with van der Waals surface area (Å²) in [6, 6.07) is 0. The quantitative estimate of drug-likeness (QED) is 0.145. The van der Waals surface area contributed by atoms with Crippen LogP contribution in [0.25, 0.3) is 0 Å². The molecule has 88 valence electrons. The van der Waals surface area contributed by atoms with Crippen molar-refractivity contribution in [3.8, 4) is 0 Å². The SMILES string of the molecule is CC(CNCCCCC(N)=O)C(N)=NO. The van der Waals surface area contributed by atoms with Gasteiger partial charge >= 0.3 is 0 Å². The third-order valence-corrected chi connectivity index (χ3v) is 2.10. The summed E-state index contributed by atoms with van der Waals surface area (Å²) in [6.45, 7) is 3.33. The zero-order valence-electron chi connectivity index (χ0n) is 9.07. The van der Waals surface area contributed by atoms with Crippen LogP contribution < -0.4 is 16.8 Å². The first kappa shape index (κ1) is 13.7. The van der Waals surface area contributed by atoms with Gasteiger partial charge in [-0.15, -0.1) is 0 Å². The second-order valence-corrected chi connectivity index (χ2v) is 3.55. The molecular weight excluding hydrogens is 196 g/mol. The molecule has 0 bridgehead atoms. The van der Waals surface area contributed by atoms with E-state index in [-0.39, 0.29) is 17.7 Å². The Bertz CT molecular complexity index is 218. The number of amides is 1. The van der Waals surface area contributed by atoms with Gasteiger partial charge in [0.25, 0.3) is 0 Å². The number of hydrogen-bond donors (Lipinski definition) is 4. The van der Waals surface area contributed by atoms with Crippen LogP contribution in [0.5, 0.6) is 0 Å². The van der Waals surface area contributed by atoms with Crippen molar-refractivity contribution in [2.75, 3.05) is 13.1 Å². The maximum absolute atomic E-state index is 10.4. The molecule has 0 fully saturated rings. The van der Waals surface area contributed by atoms with Gasteiger partial charge < -0.3 is 22.0 Å². The second kappa shape index (κ2) is 8.05. The first-order chi connectivity index (χ1) is 7.07. The monoisotopic (exact) mass is 216 g/mol. The van der Waals surface area contributed by atoms with Gasteiger partial charge in [0.1, 0.15) is 5.84 Å². The molecule has 0 aliphatic carbocycles. The van der Waals surface area contributed by atoms with E-state index in [0.29, 0.717) is 13.0 Å². The molecule has 0 aromatic rings. The fourth-order valence-corrected chi connectivity index (χ4v) is 1.07. The largest absolute Gasteiger partial charge is 0.409 e. The number of amidine groups is 1. The minimum absolute atomic E-state index is 0.00569. The summed E-state index contributed by atoms with van der Waals surface area (Å²) in [7, 11) is 0. The highest BCUT2D eigenvalue weighted by Crippen LogP contribution is 1.95. The Morgan fingerprint density at radius 2 is 2.13 bits per heavy atom. The van der Waals surface area contributed by atoms with Gasteiger partial charge in [-0.3, -0.25) is 4.79 Å². The highest BCUT2D eigenvalue weighted by Gasteiger charge is 2.05. The molecule has 1 unspecified atom stereocenters. The van der Waals surface area contributed by atoms with Gasteiger partial charge in [0.2, 0.25) is 5.91 Å². The number of primary amides is 1. The smallest absolute Gasteiger partial charge is 0.217 e. The first-order valence-corrected chi connectivity index (χ1v) is 5.04.